The van der Waals surface area contributed by atoms with Gasteiger partial charge >= 0.3 is 5.97 Å². The van der Waals surface area contributed by atoms with Crippen LogP contribution in [0, 0.1) is 5.92 Å². The maximum atomic E-state index is 11.5. The summed E-state index contributed by atoms with van der Waals surface area (Å²) in [5.41, 5.74) is 4.05. The Kier molecular flexibility index (Phi) is 8.58. The monoisotopic (exact) mass is 448 g/mol. The number of carboxylic acids is 1. The van der Waals surface area contributed by atoms with E-state index in [0.29, 0.717) is 24.8 Å². The number of aromatic nitrogens is 1. The molecule has 6 heteroatoms. The van der Waals surface area contributed by atoms with Gasteiger partial charge in [-0.1, -0.05) is 50.2 Å². The first-order valence-electron chi connectivity index (χ1n) is 11.2. The quantitative estimate of drug-likeness (QED) is 0.393. The Hall–Kier alpha value is -3.22. The molecule has 3 N–H and O–H groups in total. The van der Waals surface area contributed by atoms with Gasteiger partial charge in [-0.2, -0.15) is 0 Å². The van der Waals surface area contributed by atoms with Crippen molar-refractivity contribution < 1.29 is 19.7 Å². The molecule has 0 radical (unpaired) electrons. The van der Waals surface area contributed by atoms with Crippen LogP contribution in [0.4, 0.5) is 0 Å². The molecule has 0 aliphatic carbocycles. The van der Waals surface area contributed by atoms with Gasteiger partial charge in [0.1, 0.15) is 11.3 Å². The van der Waals surface area contributed by atoms with E-state index in [0.717, 1.165) is 23.1 Å². The number of hydrogen-bond acceptors (Lipinski definition) is 5. The lowest BCUT2D eigenvalue weighted by Crippen LogP contribution is -2.32. The van der Waals surface area contributed by atoms with Crippen LogP contribution in [0.2, 0.25) is 0 Å². The summed E-state index contributed by atoms with van der Waals surface area (Å²) in [6, 6.07) is 17.3. The summed E-state index contributed by atoms with van der Waals surface area (Å²) in [5, 5.41) is 23.1. The number of hydrogen-bond donors (Lipinski definition) is 3. The number of rotatable bonds is 11. The zero-order valence-electron chi connectivity index (χ0n) is 19.4. The smallest absolute Gasteiger partial charge is 0.339 e. The highest BCUT2D eigenvalue weighted by Crippen LogP contribution is 2.28. The molecule has 174 valence electrons. The number of aromatic carboxylic acids is 1. The van der Waals surface area contributed by atoms with Gasteiger partial charge in [0.05, 0.1) is 12.7 Å². The lowest BCUT2D eigenvalue weighted by Gasteiger charge is -2.17. The largest absolute Gasteiger partial charge is 0.492 e. The van der Waals surface area contributed by atoms with Crippen LogP contribution in [0.25, 0.3) is 11.1 Å². The third kappa shape index (κ3) is 7.14. The maximum Gasteiger partial charge on any atom is 0.339 e. The molecule has 0 amide bonds. The van der Waals surface area contributed by atoms with Crippen LogP contribution in [0.3, 0.4) is 0 Å². The molecule has 2 atom stereocenters. The summed E-state index contributed by atoms with van der Waals surface area (Å²) in [5.74, 6) is -0.302. The van der Waals surface area contributed by atoms with Crippen molar-refractivity contribution in [2.24, 2.45) is 5.92 Å². The number of nitrogens with zero attached hydrogens (tertiary/aromatic N) is 1. The van der Waals surface area contributed by atoms with E-state index in [4.69, 9.17) is 4.74 Å². The standard InChI is InChI=1S/C27H32N2O4/c1-18(2)17-33-26-14-22(10-11-24(26)27(31)32)21-8-6-20(7-9-21)13-19(3)29-16-25(30)23-5-4-12-28-15-23/h4-12,14-15,18-19,25,29-30H,13,16-17H2,1-3H3,(H,31,32)/t19-,25-/m1/s1. The van der Waals surface area contributed by atoms with Crippen molar-refractivity contribution >= 4 is 5.97 Å². The van der Waals surface area contributed by atoms with Crippen LogP contribution in [-0.4, -0.2) is 40.4 Å². The second kappa shape index (κ2) is 11.6. The van der Waals surface area contributed by atoms with Crippen molar-refractivity contribution in [3.05, 3.63) is 83.7 Å². The molecular weight excluding hydrogens is 416 g/mol. The summed E-state index contributed by atoms with van der Waals surface area (Å²) in [7, 11) is 0. The Morgan fingerprint density at radius 3 is 2.42 bits per heavy atom. The van der Waals surface area contributed by atoms with E-state index in [1.165, 1.54) is 5.56 Å². The van der Waals surface area contributed by atoms with E-state index in [-0.39, 0.29) is 11.6 Å². The second-order valence-electron chi connectivity index (χ2n) is 8.73. The highest BCUT2D eigenvalue weighted by molar-refractivity contribution is 5.92. The average Bonchev–Trinajstić information content (AvgIpc) is 2.82. The van der Waals surface area contributed by atoms with E-state index >= 15 is 0 Å². The lowest BCUT2D eigenvalue weighted by molar-refractivity contribution is 0.0691. The molecule has 1 heterocycles. The molecule has 0 bridgehead atoms. The van der Waals surface area contributed by atoms with Crippen molar-refractivity contribution in [3.8, 4) is 16.9 Å². The molecule has 0 aliphatic rings. The third-order valence-electron chi connectivity index (χ3n) is 5.34. The molecule has 0 spiro atoms. The number of benzene rings is 2. The van der Waals surface area contributed by atoms with Crippen LogP contribution in [0.1, 0.15) is 48.4 Å². The molecule has 0 unspecified atom stereocenters. The fourth-order valence-corrected chi connectivity index (χ4v) is 3.52. The van der Waals surface area contributed by atoms with E-state index < -0.39 is 12.1 Å². The minimum absolute atomic E-state index is 0.171. The SMILES string of the molecule is CC(C)COc1cc(-c2ccc(C[C@@H](C)NC[C@@H](O)c3cccnc3)cc2)ccc1C(=O)O. The second-order valence-corrected chi connectivity index (χ2v) is 8.73. The van der Waals surface area contributed by atoms with Gasteiger partial charge in [-0.3, -0.25) is 4.98 Å². The molecule has 1 aromatic heterocycles. The molecule has 3 rings (SSSR count). The van der Waals surface area contributed by atoms with Crippen LogP contribution in [0.15, 0.2) is 67.0 Å². The topological polar surface area (TPSA) is 91.7 Å². The van der Waals surface area contributed by atoms with E-state index in [1.54, 1.807) is 24.5 Å². The highest BCUT2D eigenvalue weighted by Gasteiger charge is 2.14. The molecule has 2 aromatic carbocycles. The van der Waals surface area contributed by atoms with Crippen molar-refractivity contribution in [1.29, 1.82) is 0 Å². The Morgan fingerprint density at radius 1 is 1.06 bits per heavy atom. The summed E-state index contributed by atoms with van der Waals surface area (Å²) in [6.45, 7) is 7.06. The van der Waals surface area contributed by atoms with E-state index in [1.807, 2.05) is 44.2 Å². The van der Waals surface area contributed by atoms with Crippen molar-refractivity contribution in [1.82, 2.24) is 10.3 Å². The number of carboxylic acid groups (broad SMARTS) is 1. The van der Waals surface area contributed by atoms with Crippen molar-refractivity contribution in [3.63, 3.8) is 0 Å². The first kappa shape index (κ1) is 24.4. The van der Waals surface area contributed by atoms with Crippen LogP contribution < -0.4 is 10.1 Å². The predicted molar refractivity (Wildman–Crippen MR) is 130 cm³/mol. The van der Waals surface area contributed by atoms with Crippen LogP contribution in [0.5, 0.6) is 5.75 Å². The molecular formula is C27H32N2O4. The fraction of sp³-hybridized carbons (Fsp3) is 0.333. The number of nitrogens with one attached hydrogen (secondary N) is 1. The predicted octanol–water partition coefficient (Wildman–Crippen LogP) is 4.74. The highest BCUT2D eigenvalue weighted by atomic mass is 16.5. The van der Waals surface area contributed by atoms with Gasteiger partial charge in [0.2, 0.25) is 0 Å². The minimum atomic E-state index is -0.995. The first-order chi connectivity index (χ1) is 15.8. The molecule has 0 aliphatic heterocycles. The molecule has 33 heavy (non-hydrogen) atoms. The molecule has 3 aromatic rings. The fourth-order valence-electron chi connectivity index (χ4n) is 3.52. The van der Waals surface area contributed by atoms with Gasteiger partial charge < -0.3 is 20.3 Å². The Labute approximate surface area is 195 Å². The van der Waals surface area contributed by atoms with Gasteiger partial charge in [0, 0.05) is 30.5 Å². The zero-order chi connectivity index (χ0) is 23.8. The van der Waals surface area contributed by atoms with Gasteiger partial charge in [0.25, 0.3) is 0 Å². The molecule has 6 nitrogen and oxygen atoms in total. The van der Waals surface area contributed by atoms with Gasteiger partial charge in [-0.25, -0.2) is 4.79 Å². The van der Waals surface area contributed by atoms with Gasteiger partial charge in [0.15, 0.2) is 0 Å². The molecule has 0 saturated carbocycles. The van der Waals surface area contributed by atoms with E-state index in [9.17, 15) is 15.0 Å². The minimum Gasteiger partial charge on any atom is -0.492 e. The van der Waals surface area contributed by atoms with E-state index in [2.05, 4.69) is 29.4 Å². The van der Waals surface area contributed by atoms with Crippen LogP contribution >= 0.6 is 0 Å². The third-order valence-corrected chi connectivity index (χ3v) is 5.34. The number of ether oxygens (including phenoxy) is 1. The number of pyridine rings is 1. The Bertz CT molecular complexity index is 1040. The number of carbonyl (C=O) groups is 1. The maximum absolute atomic E-state index is 11.5. The van der Waals surface area contributed by atoms with Gasteiger partial charge in [-0.05, 0) is 54.2 Å². The summed E-state index contributed by atoms with van der Waals surface area (Å²) >= 11 is 0. The summed E-state index contributed by atoms with van der Waals surface area (Å²) < 4.78 is 5.76. The Balaban J connectivity index is 1.62. The van der Waals surface area contributed by atoms with Crippen LogP contribution in [-0.2, 0) is 6.42 Å². The lowest BCUT2D eigenvalue weighted by atomic mass is 9.99. The molecule has 0 fully saturated rings. The molecule has 0 saturated heterocycles. The number of aliphatic hydroxyl groups is 1. The zero-order valence-corrected chi connectivity index (χ0v) is 19.4. The van der Waals surface area contributed by atoms with Crippen molar-refractivity contribution in [2.75, 3.05) is 13.2 Å². The van der Waals surface area contributed by atoms with Crippen molar-refractivity contribution in [2.45, 2.75) is 39.3 Å². The average molecular weight is 449 g/mol. The number of aliphatic hydroxyl groups excluding tert-OH is 1. The first-order valence-corrected chi connectivity index (χ1v) is 11.2. The summed E-state index contributed by atoms with van der Waals surface area (Å²) in [4.78, 5) is 15.6. The normalized spacial score (nSPS) is 13.0. The summed E-state index contributed by atoms with van der Waals surface area (Å²) in [6.07, 6.45) is 3.60. The Morgan fingerprint density at radius 2 is 1.79 bits per heavy atom. The van der Waals surface area contributed by atoms with Gasteiger partial charge in [-0.15, -0.1) is 0 Å².